The first-order chi connectivity index (χ1) is 18.4. The number of rotatable bonds is 5. The Labute approximate surface area is 223 Å². The predicted molar refractivity (Wildman–Crippen MR) is 133 cm³/mol. The Morgan fingerprint density at radius 1 is 1.10 bits per heavy atom. The van der Waals surface area contributed by atoms with Crippen LogP contribution in [-0.2, 0) is 20.7 Å². The Hall–Kier alpha value is -3.35. The maximum absolute atomic E-state index is 13.7. The van der Waals surface area contributed by atoms with Crippen molar-refractivity contribution < 1.29 is 54.1 Å². The molecule has 0 spiro atoms. The molecule has 1 heterocycles. The Morgan fingerprint density at radius 3 is 2.44 bits per heavy atom. The van der Waals surface area contributed by atoms with Gasteiger partial charge in [-0.15, -0.1) is 0 Å². The number of methoxy groups -OCH3 is 1. The Kier molecular flexibility index (Phi) is 6.76. The van der Waals surface area contributed by atoms with Crippen molar-refractivity contribution in [2.45, 2.75) is 63.3 Å². The van der Waals surface area contributed by atoms with Gasteiger partial charge in [0.25, 0.3) is 0 Å². The minimum absolute atomic E-state index is 0.0380. The molecule has 2 aromatic rings. The lowest BCUT2D eigenvalue weighted by atomic mass is 9.72. The van der Waals surface area contributed by atoms with Crippen LogP contribution in [0.2, 0.25) is 0 Å². The van der Waals surface area contributed by atoms with Gasteiger partial charge in [-0.05, 0) is 18.9 Å². The van der Waals surface area contributed by atoms with Crippen LogP contribution in [0.3, 0.4) is 0 Å². The van der Waals surface area contributed by atoms with E-state index < -0.39 is 89.6 Å². The molecule has 2 aliphatic carbocycles. The van der Waals surface area contributed by atoms with Gasteiger partial charge >= 0.3 is 0 Å². The number of phenols is 2. The average Bonchev–Trinajstić information content (AvgIpc) is 2.90. The zero-order valence-corrected chi connectivity index (χ0v) is 21.6. The van der Waals surface area contributed by atoms with E-state index in [1.807, 2.05) is 0 Å². The molecule has 0 bridgehead atoms. The fourth-order valence-electron chi connectivity index (χ4n) is 5.95. The third kappa shape index (κ3) is 4.12. The molecule has 0 amide bonds. The van der Waals surface area contributed by atoms with Crippen molar-refractivity contribution in [3.05, 3.63) is 51.6 Å². The van der Waals surface area contributed by atoms with Crippen molar-refractivity contribution >= 4 is 17.3 Å². The lowest BCUT2D eigenvalue weighted by Gasteiger charge is -2.42. The Morgan fingerprint density at radius 2 is 1.79 bits per heavy atom. The van der Waals surface area contributed by atoms with Gasteiger partial charge in [0.2, 0.25) is 5.78 Å². The number of carbonyl (C=O) groups excluding carboxylic acids is 3. The van der Waals surface area contributed by atoms with Crippen molar-refractivity contribution in [3.8, 4) is 17.2 Å². The van der Waals surface area contributed by atoms with E-state index in [2.05, 4.69) is 0 Å². The number of ketones is 3. The van der Waals surface area contributed by atoms with E-state index in [0.29, 0.717) is 0 Å². The molecule has 0 aromatic heterocycles. The molecular weight excluding hydrogens is 512 g/mol. The number of ether oxygens (including phenoxy) is 3. The molecule has 11 nitrogen and oxygen atoms in total. The summed E-state index contributed by atoms with van der Waals surface area (Å²) in [5.41, 5.74) is -3.45. The number of aromatic hydroxyl groups is 2. The van der Waals surface area contributed by atoms with E-state index in [1.54, 1.807) is 13.8 Å². The molecule has 11 heteroatoms. The summed E-state index contributed by atoms with van der Waals surface area (Å²) < 4.78 is 17.2. The summed E-state index contributed by atoms with van der Waals surface area (Å²) in [7, 11) is 1.33. The molecule has 3 aliphatic rings. The average molecular weight is 543 g/mol. The summed E-state index contributed by atoms with van der Waals surface area (Å²) in [4.78, 5) is 39.8. The molecule has 39 heavy (non-hydrogen) atoms. The molecule has 6 atom stereocenters. The fourth-order valence-corrected chi connectivity index (χ4v) is 5.95. The number of fused-ring (bicyclic) bond motifs is 3. The van der Waals surface area contributed by atoms with E-state index in [9.17, 15) is 39.9 Å². The van der Waals surface area contributed by atoms with Crippen molar-refractivity contribution in [2.75, 3.05) is 13.7 Å². The van der Waals surface area contributed by atoms with Crippen molar-refractivity contribution in [1.29, 1.82) is 0 Å². The number of hydrogen-bond acceptors (Lipinski definition) is 11. The quantitative estimate of drug-likeness (QED) is 0.293. The van der Waals surface area contributed by atoms with E-state index in [-0.39, 0.29) is 40.3 Å². The highest BCUT2D eigenvalue weighted by atomic mass is 16.7. The number of hydrogen-bond donors (Lipinski definition) is 5. The van der Waals surface area contributed by atoms with Crippen LogP contribution in [-0.4, -0.2) is 80.7 Å². The first-order valence-electron chi connectivity index (χ1n) is 12.7. The SMILES string of the molecule is COc1cccc2c1C(=O)c1c(O)c3c(c(O)c1C2=O)CC(O)(C(=O)CO)CC3OC1CC(C)C(O)C(C)O1. The summed E-state index contributed by atoms with van der Waals surface area (Å²) in [5, 5.41) is 53.9. The maximum atomic E-state index is 13.7. The number of benzene rings is 2. The molecule has 2 aromatic carbocycles. The lowest BCUT2D eigenvalue weighted by Crippen LogP contribution is -2.49. The van der Waals surface area contributed by atoms with Crippen LogP contribution in [0.1, 0.15) is 75.8 Å². The molecule has 5 N–H and O–H groups in total. The molecule has 6 unspecified atom stereocenters. The summed E-state index contributed by atoms with van der Waals surface area (Å²) in [6.45, 7) is 2.46. The van der Waals surface area contributed by atoms with Gasteiger partial charge in [0.05, 0.1) is 42.1 Å². The number of Topliss-reactive ketones (excluding diaryl/α,β-unsaturated/α-hetero) is 1. The molecule has 208 valence electrons. The Bertz CT molecular complexity index is 1370. The summed E-state index contributed by atoms with van der Waals surface area (Å²) in [6, 6.07) is 4.40. The minimum atomic E-state index is -2.21. The standard InChI is InChI=1S/C28H30O11/c1-11-7-18(38-12(2)23(11)31)39-16-9-28(36,17(30)10-29)8-14-20(16)27(35)22-21(25(14)33)24(32)13-5-4-6-15(37-3)19(13)26(22)34/h4-6,11-12,16,18,23,29,31,33,35-36H,7-10H2,1-3H3. The summed E-state index contributed by atoms with van der Waals surface area (Å²) >= 11 is 0. The van der Waals surface area contributed by atoms with Gasteiger partial charge in [0.1, 0.15) is 29.5 Å². The molecule has 0 saturated carbocycles. The van der Waals surface area contributed by atoms with Gasteiger partial charge in [-0.25, -0.2) is 0 Å². The number of aliphatic hydroxyl groups excluding tert-OH is 2. The number of phenolic OH excluding ortho intramolecular Hbond substituents is 2. The van der Waals surface area contributed by atoms with Gasteiger partial charge < -0.3 is 39.7 Å². The van der Waals surface area contributed by atoms with E-state index in [0.717, 1.165) is 0 Å². The van der Waals surface area contributed by atoms with Gasteiger partial charge in [-0.2, -0.15) is 0 Å². The second-order valence-electron chi connectivity index (χ2n) is 10.5. The number of aliphatic hydroxyl groups is 3. The fraction of sp³-hybridized carbons (Fsp3) is 0.464. The van der Waals surface area contributed by atoms with Gasteiger partial charge in [0, 0.05) is 36.0 Å². The molecule has 1 saturated heterocycles. The molecule has 1 aliphatic heterocycles. The van der Waals surface area contributed by atoms with Gasteiger partial charge in [-0.3, -0.25) is 14.4 Å². The van der Waals surface area contributed by atoms with Crippen LogP contribution in [0.25, 0.3) is 0 Å². The normalized spacial score (nSPS) is 29.8. The largest absolute Gasteiger partial charge is 0.507 e. The summed E-state index contributed by atoms with van der Waals surface area (Å²) in [5.74, 6) is -3.87. The highest BCUT2D eigenvalue weighted by molar-refractivity contribution is 6.31. The van der Waals surface area contributed by atoms with Crippen molar-refractivity contribution in [2.24, 2.45) is 5.92 Å². The van der Waals surface area contributed by atoms with Crippen LogP contribution in [0.15, 0.2) is 18.2 Å². The Balaban J connectivity index is 1.69. The van der Waals surface area contributed by atoms with Crippen LogP contribution in [0.4, 0.5) is 0 Å². The molecule has 5 rings (SSSR count). The first kappa shape index (κ1) is 27.2. The predicted octanol–water partition coefficient (Wildman–Crippen LogP) is 1.31. The second kappa shape index (κ2) is 9.68. The topological polar surface area (TPSA) is 180 Å². The lowest BCUT2D eigenvalue weighted by molar-refractivity contribution is -0.255. The third-order valence-electron chi connectivity index (χ3n) is 8.05. The maximum Gasteiger partial charge on any atom is 0.202 e. The molecule has 0 radical (unpaired) electrons. The molecular formula is C28H30O11. The summed E-state index contributed by atoms with van der Waals surface area (Å²) in [6.07, 6.45) is -4.31. The van der Waals surface area contributed by atoms with Crippen LogP contribution in [0, 0.1) is 5.92 Å². The van der Waals surface area contributed by atoms with E-state index in [1.165, 1.54) is 25.3 Å². The van der Waals surface area contributed by atoms with E-state index in [4.69, 9.17) is 14.2 Å². The minimum Gasteiger partial charge on any atom is -0.507 e. The van der Waals surface area contributed by atoms with E-state index >= 15 is 0 Å². The van der Waals surface area contributed by atoms with Crippen LogP contribution < -0.4 is 4.74 Å². The molecule has 1 fully saturated rings. The number of carbonyl (C=O) groups is 3. The first-order valence-corrected chi connectivity index (χ1v) is 12.7. The zero-order valence-electron chi connectivity index (χ0n) is 21.6. The third-order valence-corrected chi connectivity index (χ3v) is 8.05. The van der Waals surface area contributed by atoms with Gasteiger partial charge in [0.15, 0.2) is 17.9 Å². The monoisotopic (exact) mass is 542 g/mol. The highest BCUT2D eigenvalue weighted by Crippen LogP contribution is 2.52. The highest BCUT2D eigenvalue weighted by Gasteiger charge is 2.50. The second-order valence-corrected chi connectivity index (χ2v) is 10.5. The van der Waals surface area contributed by atoms with Crippen molar-refractivity contribution in [3.63, 3.8) is 0 Å². The zero-order chi connectivity index (χ0) is 28.4. The van der Waals surface area contributed by atoms with Crippen molar-refractivity contribution in [1.82, 2.24) is 0 Å². The van der Waals surface area contributed by atoms with Crippen LogP contribution >= 0.6 is 0 Å². The smallest absolute Gasteiger partial charge is 0.202 e. The van der Waals surface area contributed by atoms with Crippen LogP contribution in [0.5, 0.6) is 17.2 Å². The van der Waals surface area contributed by atoms with Gasteiger partial charge in [-0.1, -0.05) is 19.1 Å².